The van der Waals surface area contributed by atoms with Gasteiger partial charge in [-0.15, -0.1) is 0 Å². The molecule has 0 aliphatic carbocycles. The van der Waals surface area contributed by atoms with Crippen LogP contribution in [0.3, 0.4) is 0 Å². The maximum Gasteiger partial charge on any atom is 0.260 e. The number of hydrogen-bond acceptors (Lipinski definition) is 5. The van der Waals surface area contributed by atoms with Gasteiger partial charge in [-0.2, -0.15) is 0 Å². The fourth-order valence-electron chi connectivity index (χ4n) is 3.05. The average molecular weight is 449 g/mol. The Morgan fingerprint density at radius 2 is 1.71 bits per heavy atom. The van der Waals surface area contributed by atoms with Crippen molar-refractivity contribution in [2.75, 3.05) is 39.2 Å². The normalized spacial score (nSPS) is 10.4. The van der Waals surface area contributed by atoms with E-state index in [1.165, 1.54) is 0 Å². The van der Waals surface area contributed by atoms with Crippen molar-refractivity contribution >= 4 is 29.1 Å². The van der Waals surface area contributed by atoms with E-state index in [0.717, 1.165) is 5.56 Å². The van der Waals surface area contributed by atoms with E-state index in [4.69, 9.17) is 25.8 Å². The Labute approximate surface area is 188 Å². The molecule has 2 aromatic rings. The van der Waals surface area contributed by atoms with E-state index in [-0.39, 0.29) is 24.8 Å². The summed E-state index contributed by atoms with van der Waals surface area (Å²) in [7, 11) is 3.18. The van der Waals surface area contributed by atoms with Crippen molar-refractivity contribution in [3.8, 4) is 17.2 Å². The van der Waals surface area contributed by atoms with Crippen LogP contribution < -0.4 is 19.5 Å². The van der Waals surface area contributed by atoms with E-state index < -0.39 is 0 Å². The van der Waals surface area contributed by atoms with Crippen molar-refractivity contribution in [3.05, 3.63) is 47.0 Å². The number of benzene rings is 2. The molecule has 1 N–H and O–H groups in total. The number of halogens is 1. The summed E-state index contributed by atoms with van der Waals surface area (Å²) in [4.78, 5) is 26.1. The highest BCUT2D eigenvalue weighted by molar-refractivity contribution is 6.32. The van der Waals surface area contributed by atoms with Gasteiger partial charge in [-0.25, -0.2) is 0 Å². The van der Waals surface area contributed by atoms with Gasteiger partial charge in [-0.05, 0) is 62.2 Å². The molecule has 0 saturated carbocycles. The molecule has 0 aromatic heterocycles. The van der Waals surface area contributed by atoms with Gasteiger partial charge in [0.25, 0.3) is 5.91 Å². The fourth-order valence-corrected chi connectivity index (χ4v) is 3.29. The van der Waals surface area contributed by atoms with Crippen LogP contribution in [0, 0.1) is 0 Å². The summed E-state index contributed by atoms with van der Waals surface area (Å²) >= 11 is 6.26. The third-order valence-electron chi connectivity index (χ3n) is 4.79. The zero-order chi connectivity index (χ0) is 22.8. The molecule has 0 aliphatic heterocycles. The maximum absolute atomic E-state index is 12.4. The average Bonchev–Trinajstić information content (AvgIpc) is 2.77. The number of carbonyl (C=O) groups excluding carboxylic acids is 2. The lowest BCUT2D eigenvalue weighted by Crippen LogP contribution is -2.34. The second kappa shape index (κ2) is 12.1. The molecule has 8 heteroatoms. The minimum absolute atomic E-state index is 0.0878. The van der Waals surface area contributed by atoms with Crippen LogP contribution in [0.15, 0.2) is 36.4 Å². The predicted molar refractivity (Wildman–Crippen MR) is 121 cm³/mol. The Kier molecular flexibility index (Phi) is 9.46. The number of nitrogens with zero attached hydrogens (tertiary/aromatic N) is 1. The van der Waals surface area contributed by atoms with Crippen LogP contribution in [0.1, 0.15) is 25.8 Å². The van der Waals surface area contributed by atoms with Crippen molar-refractivity contribution in [1.29, 1.82) is 0 Å². The summed E-state index contributed by atoms with van der Waals surface area (Å²) in [5.41, 5.74) is 1.44. The molecule has 0 atom stereocenters. The van der Waals surface area contributed by atoms with Gasteiger partial charge < -0.3 is 24.4 Å². The highest BCUT2D eigenvalue weighted by atomic mass is 35.5. The van der Waals surface area contributed by atoms with E-state index in [0.29, 0.717) is 47.5 Å². The molecule has 0 bridgehead atoms. The lowest BCUT2D eigenvalue weighted by atomic mass is 10.1. The van der Waals surface area contributed by atoms with Crippen LogP contribution in [0.5, 0.6) is 17.2 Å². The Bertz CT molecular complexity index is 900. The van der Waals surface area contributed by atoms with Crippen LogP contribution in [0.2, 0.25) is 5.02 Å². The first-order chi connectivity index (χ1) is 14.9. The number of methoxy groups -OCH3 is 2. The first kappa shape index (κ1) is 24.3. The number of ether oxygens (including phenoxy) is 3. The minimum atomic E-state index is -0.161. The van der Waals surface area contributed by atoms with Gasteiger partial charge in [0.2, 0.25) is 5.91 Å². The number of amides is 2. The third-order valence-corrected chi connectivity index (χ3v) is 5.09. The monoisotopic (exact) mass is 448 g/mol. The van der Waals surface area contributed by atoms with Crippen LogP contribution in [-0.4, -0.2) is 50.6 Å². The second-order valence-corrected chi connectivity index (χ2v) is 7.13. The number of likely N-dealkylation sites (N-methyl/N-ethyl adjacent to an activating group) is 1. The molecule has 0 aliphatic rings. The number of aryl methyl sites for hydroxylation is 1. The number of anilines is 1. The van der Waals surface area contributed by atoms with Crippen LogP contribution in [-0.2, 0) is 16.0 Å². The lowest BCUT2D eigenvalue weighted by molar-refractivity contribution is -0.133. The van der Waals surface area contributed by atoms with Gasteiger partial charge in [-0.3, -0.25) is 9.59 Å². The van der Waals surface area contributed by atoms with E-state index >= 15 is 0 Å². The lowest BCUT2D eigenvalue weighted by Gasteiger charge is -2.19. The molecule has 2 rings (SSSR count). The van der Waals surface area contributed by atoms with Gasteiger partial charge in [0.05, 0.1) is 19.2 Å². The molecule has 0 fully saturated rings. The van der Waals surface area contributed by atoms with E-state index in [1.54, 1.807) is 37.3 Å². The maximum atomic E-state index is 12.4. The molecule has 0 saturated heterocycles. The molecule has 168 valence electrons. The third kappa shape index (κ3) is 7.07. The summed E-state index contributed by atoms with van der Waals surface area (Å²) in [6.45, 7) is 4.99. The van der Waals surface area contributed by atoms with Crippen molar-refractivity contribution in [2.24, 2.45) is 0 Å². The number of nitrogens with one attached hydrogen (secondary N) is 1. The molecule has 2 amide bonds. The smallest absolute Gasteiger partial charge is 0.260 e. The summed E-state index contributed by atoms with van der Waals surface area (Å²) < 4.78 is 16.1. The topological polar surface area (TPSA) is 77.1 Å². The van der Waals surface area contributed by atoms with Crippen LogP contribution >= 0.6 is 11.6 Å². The fraction of sp³-hybridized carbons (Fsp3) is 0.391. The van der Waals surface area contributed by atoms with Crippen molar-refractivity contribution in [2.45, 2.75) is 26.7 Å². The van der Waals surface area contributed by atoms with E-state index in [2.05, 4.69) is 5.32 Å². The summed E-state index contributed by atoms with van der Waals surface area (Å²) in [5, 5.41) is 3.14. The van der Waals surface area contributed by atoms with Crippen molar-refractivity contribution in [3.63, 3.8) is 0 Å². The minimum Gasteiger partial charge on any atom is -0.497 e. The summed E-state index contributed by atoms with van der Waals surface area (Å²) in [5.74, 6) is 1.54. The van der Waals surface area contributed by atoms with Gasteiger partial charge in [0.15, 0.2) is 6.61 Å². The van der Waals surface area contributed by atoms with Crippen molar-refractivity contribution in [1.82, 2.24) is 4.90 Å². The quantitative estimate of drug-likeness (QED) is 0.558. The van der Waals surface area contributed by atoms with E-state index in [9.17, 15) is 9.59 Å². The first-order valence-corrected chi connectivity index (χ1v) is 10.5. The summed E-state index contributed by atoms with van der Waals surface area (Å²) in [6.07, 6.45) is 0.756. The Morgan fingerprint density at radius 3 is 2.32 bits per heavy atom. The Hall–Kier alpha value is -2.93. The van der Waals surface area contributed by atoms with Crippen molar-refractivity contribution < 1.29 is 23.8 Å². The zero-order valence-corrected chi connectivity index (χ0v) is 19.1. The molecular formula is C23H29ClN2O5. The van der Waals surface area contributed by atoms with Gasteiger partial charge in [0, 0.05) is 25.2 Å². The molecule has 0 heterocycles. The molecule has 0 radical (unpaired) electrons. The first-order valence-electron chi connectivity index (χ1n) is 10.1. The SMILES string of the molecule is CCN(CC)C(=O)COc1ccc(NC(=O)CCc2cc(OC)ccc2OC)cc1Cl. The Balaban J connectivity index is 1.93. The highest BCUT2D eigenvalue weighted by Crippen LogP contribution is 2.28. The van der Waals surface area contributed by atoms with E-state index in [1.807, 2.05) is 32.0 Å². The van der Waals surface area contributed by atoms with Gasteiger partial charge in [0.1, 0.15) is 17.2 Å². The molecule has 0 unspecified atom stereocenters. The van der Waals surface area contributed by atoms with Gasteiger partial charge in [-0.1, -0.05) is 11.6 Å². The summed E-state index contributed by atoms with van der Waals surface area (Å²) in [6, 6.07) is 10.4. The zero-order valence-electron chi connectivity index (χ0n) is 18.4. The molecule has 0 spiro atoms. The molecule has 31 heavy (non-hydrogen) atoms. The molecule has 2 aromatic carbocycles. The van der Waals surface area contributed by atoms with Crippen LogP contribution in [0.4, 0.5) is 5.69 Å². The number of hydrogen-bond donors (Lipinski definition) is 1. The number of carbonyl (C=O) groups is 2. The van der Waals surface area contributed by atoms with Gasteiger partial charge >= 0.3 is 0 Å². The standard InChI is InChI=1S/C23H29ClN2O5/c1-5-26(6-2)23(28)15-31-21-10-8-17(14-19(21)24)25-22(27)12-7-16-13-18(29-3)9-11-20(16)30-4/h8-11,13-14H,5-7,12,15H2,1-4H3,(H,25,27). The van der Waals surface area contributed by atoms with Crippen LogP contribution in [0.25, 0.3) is 0 Å². The predicted octanol–water partition coefficient (Wildman–Crippen LogP) is 4.18. The molecular weight excluding hydrogens is 420 g/mol. The Morgan fingerprint density at radius 1 is 1.00 bits per heavy atom. The highest BCUT2D eigenvalue weighted by Gasteiger charge is 2.13. The number of rotatable bonds is 11. The molecule has 7 nitrogen and oxygen atoms in total. The largest absolute Gasteiger partial charge is 0.497 e. The second-order valence-electron chi connectivity index (χ2n) is 6.73.